The molecular weight excluding hydrogens is 384 g/mol. The number of aromatic nitrogens is 4. The van der Waals surface area contributed by atoms with E-state index in [0.29, 0.717) is 15.7 Å². The molecule has 0 saturated heterocycles. The Morgan fingerprint density at radius 2 is 2.07 bits per heavy atom. The Kier molecular flexibility index (Phi) is 5.57. The van der Waals surface area contributed by atoms with Gasteiger partial charge >= 0.3 is 0 Å². The average molecular weight is 403 g/mol. The second kappa shape index (κ2) is 7.89. The van der Waals surface area contributed by atoms with E-state index in [-0.39, 0.29) is 5.91 Å². The number of anilines is 1. The molecule has 0 unspecified atom stereocenters. The summed E-state index contributed by atoms with van der Waals surface area (Å²) in [6.07, 6.45) is 0. The quantitative estimate of drug-likeness (QED) is 0.612. The third kappa shape index (κ3) is 4.01. The van der Waals surface area contributed by atoms with Gasteiger partial charge in [0, 0.05) is 0 Å². The highest BCUT2D eigenvalue weighted by molar-refractivity contribution is 8.00. The molecule has 0 spiro atoms. The normalized spacial score (nSPS) is 12.0. The first-order chi connectivity index (χ1) is 12.9. The molecule has 3 rings (SSSR count). The van der Waals surface area contributed by atoms with Crippen LogP contribution in [0.5, 0.6) is 0 Å². The van der Waals surface area contributed by atoms with Crippen molar-refractivity contribution >= 4 is 39.9 Å². The summed E-state index contributed by atoms with van der Waals surface area (Å²) in [5.74, 6) is -0.841. The second-order valence-electron chi connectivity index (χ2n) is 5.87. The van der Waals surface area contributed by atoms with Crippen LogP contribution in [-0.2, 0) is 4.79 Å². The number of nitrogens with one attached hydrogen (secondary N) is 1. The fourth-order valence-corrected chi connectivity index (χ4v) is 3.99. The van der Waals surface area contributed by atoms with Crippen LogP contribution in [0.4, 0.5) is 5.00 Å². The minimum Gasteiger partial charge on any atom is -0.366 e. The summed E-state index contributed by atoms with van der Waals surface area (Å²) in [6.45, 7) is 5.77. The van der Waals surface area contributed by atoms with Crippen LogP contribution in [0, 0.1) is 13.8 Å². The van der Waals surface area contributed by atoms with Gasteiger partial charge in [-0.05, 0) is 59.8 Å². The number of rotatable bonds is 6. The molecular formula is C17H18N6O2S2. The Balaban J connectivity index is 1.77. The average Bonchev–Trinajstić information content (AvgIpc) is 3.26. The fraction of sp³-hybridized carbons (Fsp3) is 0.235. The number of thioether (sulfide) groups is 1. The summed E-state index contributed by atoms with van der Waals surface area (Å²) in [5.41, 5.74) is 8.66. The Hall–Kier alpha value is -2.72. The summed E-state index contributed by atoms with van der Waals surface area (Å²) in [5, 5.41) is 16.8. The number of nitrogens with two attached hydrogens (primary N) is 1. The van der Waals surface area contributed by atoms with Gasteiger partial charge in [0.25, 0.3) is 5.91 Å². The molecule has 0 aliphatic carbocycles. The van der Waals surface area contributed by atoms with Gasteiger partial charge in [-0.1, -0.05) is 23.9 Å². The molecule has 27 heavy (non-hydrogen) atoms. The van der Waals surface area contributed by atoms with Crippen molar-refractivity contribution < 1.29 is 9.59 Å². The molecule has 0 aliphatic rings. The van der Waals surface area contributed by atoms with E-state index < -0.39 is 11.2 Å². The molecule has 1 atom stereocenters. The van der Waals surface area contributed by atoms with Gasteiger partial charge in [-0.15, -0.1) is 16.4 Å². The number of amides is 2. The predicted molar refractivity (Wildman–Crippen MR) is 105 cm³/mol. The third-order valence-electron chi connectivity index (χ3n) is 4.06. The molecule has 2 aromatic heterocycles. The van der Waals surface area contributed by atoms with E-state index in [9.17, 15) is 9.59 Å². The molecule has 0 aliphatic heterocycles. The van der Waals surface area contributed by atoms with Gasteiger partial charge in [0.15, 0.2) is 0 Å². The van der Waals surface area contributed by atoms with Crippen molar-refractivity contribution in [2.24, 2.45) is 5.73 Å². The molecule has 3 N–H and O–H groups in total. The highest BCUT2D eigenvalue weighted by Gasteiger charge is 2.22. The Morgan fingerprint density at radius 1 is 1.30 bits per heavy atom. The standard InChI is InChI=1S/C17H18N6O2S2/c1-9-5-4-6-13(10(9)2)23-17(20-21-22-23)27-11(3)15(25)19-16-12(14(18)24)7-8-26-16/h4-8,11H,1-3H3,(H2,18,24)(H,19,25)/t11-/m1/s1. The fourth-order valence-electron chi connectivity index (χ4n) is 2.39. The van der Waals surface area contributed by atoms with Crippen molar-refractivity contribution in [2.75, 3.05) is 5.32 Å². The minimum atomic E-state index is -0.578. The van der Waals surface area contributed by atoms with E-state index in [0.717, 1.165) is 16.8 Å². The van der Waals surface area contributed by atoms with E-state index >= 15 is 0 Å². The second-order valence-corrected chi connectivity index (χ2v) is 8.09. The lowest BCUT2D eigenvalue weighted by atomic mass is 10.1. The molecule has 140 valence electrons. The lowest BCUT2D eigenvalue weighted by Crippen LogP contribution is -2.24. The van der Waals surface area contributed by atoms with Gasteiger partial charge in [-0.2, -0.15) is 4.68 Å². The number of benzene rings is 1. The molecule has 2 amide bonds. The number of carbonyl (C=O) groups excluding carboxylic acids is 2. The topological polar surface area (TPSA) is 116 Å². The van der Waals surface area contributed by atoms with Crippen LogP contribution < -0.4 is 11.1 Å². The number of aryl methyl sites for hydroxylation is 1. The largest absolute Gasteiger partial charge is 0.366 e. The van der Waals surface area contributed by atoms with Crippen LogP contribution in [0.1, 0.15) is 28.4 Å². The van der Waals surface area contributed by atoms with E-state index in [2.05, 4.69) is 20.8 Å². The van der Waals surface area contributed by atoms with Crippen LogP contribution in [0.3, 0.4) is 0 Å². The van der Waals surface area contributed by atoms with Crippen LogP contribution in [0.25, 0.3) is 5.69 Å². The van der Waals surface area contributed by atoms with Crippen LogP contribution in [-0.4, -0.2) is 37.3 Å². The number of primary amides is 1. The van der Waals surface area contributed by atoms with Crippen LogP contribution in [0.15, 0.2) is 34.8 Å². The van der Waals surface area contributed by atoms with Crippen molar-refractivity contribution in [3.05, 3.63) is 46.3 Å². The summed E-state index contributed by atoms with van der Waals surface area (Å²) >= 11 is 2.48. The number of nitrogens with zero attached hydrogens (tertiary/aromatic N) is 4. The number of hydrogen-bond acceptors (Lipinski definition) is 7. The van der Waals surface area contributed by atoms with E-state index in [1.165, 1.54) is 23.1 Å². The van der Waals surface area contributed by atoms with Gasteiger partial charge < -0.3 is 11.1 Å². The smallest absolute Gasteiger partial charge is 0.251 e. The van der Waals surface area contributed by atoms with E-state index in [1.54, 1.807) is 23.1 Å². The number of hydrogen-bond donors (Lipinski definition) is 2. The SMILES string of the molecule is Cc1cccc(-n2nnnc2S[C@H](C)C(=O)Nc2sccc2C(N)=O)c1C. The summed E-state index contributed by atoms with van der Waals surface area (Å²) in [4.78, 5) is 23.9. The molecule has 0 saturated carbocycles. The summed E-state index contributed by atoms with van der Waals surface area (Å²) in [7, 11) is 0. The van der Waals surface area contributed by atoms with Gasteiger partial charge in [-0.3, -0.25) is 9.59 Å². The number of thiophene rings is 1. The molecule has 3 aromatic rings. The molecule has 1 aromatic carbocycles. The highest BCUT2D eigenvalue weighted by Crippen LogP contribution is 2.28. The zero-order valence-electron chi connectivity index (χ0n) is 15.0. The number of carbonyl (C=O) groups is 2. The number of tetrazole rings is 1. The maximum atomic E-state index is 12.5. The first-order valence-electron chi connectivity index (χ1n) is 8.08. The zero-order chi connectivity index (χ0) is 19.6. The minimum absolute atomic E-state index is 0.263. The van der Waals surface area contributed by atoms with Gasteiger partial charge in [0.05, 0.1) is 16.5 Å². The molecule has 0 radical (unpaired) electrons. The van der Waals surface area contributed by atoms with E-state index in [4.69, 9.17) is 5.73 Å². The van der Waals surface area contributed by atoms with Crippen molar-refractivity contribution in [1.29, 1.82) is 0 Å². The molecule has 10 heteroatoms. The molecule has 2 heterocycles. The lowest BCUT2D eigenvalue weighted by Gasteiger charge is -2.13. The third-order valence-corrected chi connectivity index (χ3v) is 5.93. The Labute approximate surface area is 164 Å². The van der Waals surface area contributed by atoms with Gasteiger partial charge in [0.2, 0.25) is 11.1 Å². The van der Waals surface area contributed by atoms with Gasteiger partial charge in [0.1, 0.15) is 5.00 Å². The lowest BCUT2D eigenvalue weighted by molar-refractivity contribution is -0.115. The Bertz CT molecular complexity index is 997. The summed E-state index contributed by atoms with van der Waals surface area (Å²) in [6, 6.07) is 7.47. The van der Waals surface area contributed by atoms with Crippen molar-refractivity contribution in [3.8, 4) is 5.69 Å². The molecule has 0 bridgehead atoms. The van der Waals surface area contributed by atoms with Gasteiger partial charge in [-0.25, -0.2) is 0 Å². The zero-order valence-corrected chi connectivity index (χ0v) is 16.6. The monoisotopic (exact) mass is 402 g/mol. The summed E-state index contributed by atoms with van der Waals surface area (Å²) < 4.78 is 1.62. The predicted octanol–water partition coefficient (Wildman–Crippen LogP) is 2.56. The van der Waals surface area contributed by atoms with Crippen molar-refractivity contribution in [3.63, 3.8) is 0 Å². The Morgan fingerprint density at radius 3 is 2.81 bits per heavy atom. The highest BCUT2D eigenvalue weighted by atomic mass is 32.2. The van der Waals surface area contributed by atoms with Crippen molar-refractivity contribution in [2.45, 2.75) is 31.2 Å². The van der Waals surface area contributed by atoms with Crippen LogP contribution in [0.2, 0.25) is 0 Å². The first kappa shape index (κ1) is 19.1. The maximum absolute atomic E-state index is 12.5. The maximum Gasteiger partial charge on any atom is 0.251 e. The van der Waals surface area contributed by atoms with E-state index in [1.807, 2.05) is 32.0 Å². The molecule has 0 fully saturated rings. The molecule has 8 nitrogen and oxygen atoms in total. The first-order valence-corrected chi connectivity index (χ1v) is 9.84. The van der Waals surface area contributed by atoms with Crippen molar-refractivity contribution in [1.82, 2.24) is 20.2 Å². The van der Waals surface area contributed by atoms with Crippen LogP contribution >= 0.6 is 23.1 Å².